The Bertz CT molecular complexity index is 305. The third kappa shape index (κ3) is 6.60. The maximum atomic E-state index is 11.6. The molecular formula is C11H23ClN2O2S. The zero-order chi connectivity index (χ0) is 12.7. The predicted molar refractivity (Wildman–Crippen MR) is 72.0 cm³/mol. The van der Waals surface area contributed by atoms with Crippen molar-refractivity contribution in [3.63, 3.8) is 0 Å². The van der Waals surface area contributed by atoms with E-state index in [4.69, 9.17) is 11.6 Å². The summed E-state index contributed by atoms with van der Waals surface area (Å²) in [5, 5.41) is 0. The molecule has 1 N–H and O–H groups in total. The van der Waals surface area contributed by atoms with E-state index >= 15 is 0 Å². The fraction of sp³-hybridized carbons (Fsp3) is 1.00. The normalized spacial score (nSPS) is 16.6. The summed E-state index contributed by atoms with van der Waals surface area (Å²) >= 11 is 5.51. The average molecular weight is 283 g/mol. The molecular weight excluding hydrogens is 260 g/mol. The van der Waals surface area contributed by atoms with E-state index in [9.17, 15) is 8.42 Å². The van der Waals surface area contributed by atoms with Gasteiger partial charge in [0, 0.05) is 25.0 Å². The summed E-state index contributed by atoms with van der Waals surface area (Å²) in [6.45, 7) is 4.45. The second kappa shape index (κ2) is 7.56. The highest BCUT2D eigenvalue weighted by atomic mass is 35.5. The molecule has 1 fully saturated rings. The molecule has 0 saturated heterocycles. The molecule has 0 aliphatic heterocycles. The first-order chi connectivity index (χ1) is 8.09. The highest BCUT2D eigenvalue weighted by Gasteiger charge is 2.27. The molecule has 17 heavy (non-hydrogen) atoms. The summed E-state index contributed by atoms with van der Waals surface area (Å²) in [6.07, 6.45) is 3.91. The van der Waals surface area contributed by atoms with Gasteiger partial charge in [0.2, 0.25) is 10.0 Å². The molecule has 0 aromatic heterocycles. The Morgan fingerprint density at radius 3 is 2.59 bits per heavy atom. The Hall–Kier alpha value is 0.160. The molecule has 102 valence electrons. The highest BCUT2D eigenvalue weighted by Crippen LogP contribution is 2.25. The van der Waals surface area contributed by atoms with Gasteiger partial charge >= 0.3 is 0 Å². The number of likely N-dealkylation sites (N-methyl/N-ethyl adjacent to an activating group) is 1. The minimum atomic E-state index is -3.10. The lowest BCUT2D eigenvalue weighted by atomic mass is 10.4. The molecule has 0 aromatic carbocycles. The first kappa shape index (κ1) is 15.2. The maximum Gasteiger partial charge on any atom is 0.211 e. The van der Waals surface area contributed by atoms with E-state index in [2.05, 4.69) is 16.5 Å². The fourth-order valence-corrected chi connectivity index (χ4v) is 3.16. The average Bonchev–Trinajstić information content (AvgIpc) is 3.08. The molecule has 0 spiro atoms. The van der Waals surface area contributed by atoms with Crippen LogP contribution in [0.3, 0.4) is 0 Å². The van der Waals surface area contributed by atoms with Crippen molar-refractivity contribution in [2.75, 3.05) is 31.3 Å². The van der Waals surface area contributed by atoms with E-state index in [1.807, 2.05) is 0 Å². The summed E-state index contributed by atoms with van der Waals surface area (Å²) in [7, 11) is -3.10. The molecule has 1 saturated carbocycles. The summed E-state index contributed by atoms with van der Waals surface area (Å²) in [6, 6.07) is 0.695. The van der Waals surface area contributed by atoms with Crippen LogP contribution in [0.4, 0.5) is 0 Å². The van der Waals surface area contributed by atoms with E-state index in [-0.39, 0.29) is 5.75 Å². The SMILES string of the molecule is CCN(CCNS(=O)(=O)CCCCCl)C1CC1. The maximum absolute atomic E-state index is 11.6. The molecule has 4 nitrogen and oxygen atoms in total. The number of sulfonamides is 1. The van der Waals surface area contributed by atoms with Crippen molar-refractivity contribution in [3.05, 3.63) is 0 Å². The number of hydrogen-bond donors (Lipinski definition) is 1. The molecule has 0 bridgehead atoms. The van der Waals surface area contributed by atoms with Gasteiger partial charge < -0.3 is 0 Å². The van der Waals surface area contributed by atoms with Gasteiger partial charge in [-0.1, -0.05) is 6.92 Å². The molecule has 1 aliphatic rings. The van der Waals surface area contributed by atoms with Gasteiger partial charge in [-0.15, -0.1) is 11.6 Å². The minimum Gasteiger partial charge on any atom is -0.299 e. The van der Waals surface area contributed by atoms with Gasteiger partial charge in [-0.3, -0.25) is 4.90 Å². The number of hydrogen-bond acceptors (Lipinski definition) is 3. The van der Waals surface area contributed by atoms with Crippen molar-refractivity contribution < 1.29 is 8.42 Å². The second-order valence-electron chi connectivity index (χ2n) is 4.47. The van der Waals surface area contributed by atoms with Crippen LogP contribution in [-0.2, 0) is 10.0 Å². The highest BCUT2D eigenvalue weighted by molar-refractivity contribution is 7.89. The van der Waals surface area contributed by atoms with Gasteiger partial charge in [0.05, 0.1) is 5.75 Å². The molecule has 0 radical (unpaired) electrons. The van der Waals surface area contributed by atoms with Crippen LogP contribution in [-0.4, -0.2) is 50.6 Å². The van der Waals surface area contributed by atoms with Crippen LogP contribution in [0.5, 0.6) is 0 Å². The van der Waals surface area contributed by atoms with Gasteiger partial charge in [-0.05, 0) is 32.2 Å². The van der Waals surface area contributed by atoms with E-state index in [0.717, 1.165) is 19.5 Å². The Kier molecular flexibility index (Phi) is 6.77. The lowest BCUT2D eigenvalue weighted by Crippen LogP contribution is -2.36. The molecule has 0 atom stereocenters. The Labute approximate surface area is 110 Å². The number of unbranched alkanes of at least 4 members (excludes halogenated alkanes) is 1. The molecule has 0 amide bonds. The number of nitrogens with one attached hydrogen (secondary N) is 1. The lowest BCUT2D eigenvalue weighted by Gasteiger charge is -2.19. The van der Waals surface area contributed by atoms with Crippen molar-refractivity contribution in [3.8, 4) is 0 Å². The fourth-order valence-electron chi connectivity index (χ4n) is 1.84. The van der Waals surface area contributed by atoms with Gasteiger partial charge in [0.25, 0.3) is 0 Å². The van der Waals surface area contributed by atoms with Crippen LogP contribution in [0.1, 0.15) is 32.6 Å². The zero-order valence-electron chi connectivity index (χ0n) is 10.5. The Morgan fingerprint density at radius 2 is 2.06 bits per heavy atom. The minimum absolute atomic E-state index is 0.190. The monoisotopic (exact) mass is 282 g/mol. The van der Waals surface area contributed by atoms with Crippen molar-refractivity contribution in [2.45, 2.75) is 38.6 Å². The second-order valence-corrected chi connectivity index (χ2v) is 6.77. The summed E-state index contributed by atoms with van der Waals surface area (Å²) in [4.78, 5) is 2.33. The van der Waals surface area contributed by atoms with Crippen LogP contribution >= 0.6 is 11.6 Å². The van der Waals surface area contributed by atoms with Crippen LogP contribution < -0.4 is 4.72 Å². The largest absolute Gasteiger partial charge is 0.299 e. The predicted octanol–water partition coefficient (Wildman–Crippen LogP) is 1.41. The van der Waals surface area contributed by atoms with E-state index in [1.54, 1.807) is 0 Å². The van der Waals surface area contributed by atoms with Crippen molar-refractivity contribution in [2.24, 2.45) is 0 Å². The van der Waals surface area contributed by atoms with Crippen LogP contribution in [0.2, 0.25) is 0 Å². The van der Waals surface area contributed by atoms with Crippen LogP contribution in [0.25, 0.3) is 0 Å². The smallest absolute Gasteiger partial charge is 0.211 e. The third-order valence-electron chi connectivity index (χ3n) is 2.99. The molecule has 1 aliphatic carbocycles. The van der Waals surface area contributed by atoms with E-state index < -0.39 is 10.0 Å². The van der Waals surface area contributed by atoms with E-state index in [1.165, 1.54) is 12.8 Å². The molecule has 6 heteroatoms. The lowest BCUT2D eigenvalue weighted by molar-refractivity contribution is 0.282. The van der Waals surface area contributed by atoms with Gasteiger partial charge in [0.15, 0.2) is 0 Å². The third-order valence-corrected chi connectivity index (χ3v) is 4.72. The van der Waals surface area contributed by atoms with Crippen LogP contribution in [0, 0.1) is 0 Å². The van der Waals surface area contributed by atoms with Gasteiger partial charge in [-0.2, -0.15) is 0 Å². The van der Waals surface area contributed by atoms with Gasteiger partial charge in [0.1, 0.15) is 0 Å². The first-order valence-electron chi connectivity index (χ1n) is 6.36. The van der Waals surface area contributed by atoms with E-state index in [0.29, 0.717) is 24.9 Å². The first-order valence-corrected chi connectivity index (χ1v) is 8.55. The standard InChI is InChI=1S/C11H23ClN2O2S/c1-2-14(11-5-6-11)9-8-13-17(15,16)10-4-3-7-12/h11,13H,2-10H2,1H3. The van der Waals surface area contributed by atoms with Gasteiger partial charge in [-0.25, -0.2) is 13.1 Å². The Morgan fingerprint density at radius 1 is 1.35 bits per heavy atom. The van der Waals surface area contributed by atoms with Crippen LogP contribution in [0.15, 0.2) is 0 Å². The molecule has 0 heterocycles. The quantitative estimate of drug-likeness (QED) is 0.487. The van der Waals surface area contributed by atoms with Crippen molar-refractivity contribution in [1.29, 1.82) is 0 Å². The summed E-state index contributed by atoms with van der Waals surface area (Å²) in [5.74, 6) is 0.718. The molecule has 0 aromatic rings. The number of nitrogens with zero attached hydrogens (tertiary/aromatic N) is 1. The number of rotatable bonds is 10. The number of halogens is 1. The van der Waals surface area contributed by atoms with Crippen molar-refractivity contribution in [1.82, 2.24) is 9.62 Å². The summed E-state index contributed by atoms with van der Waals surface area (Å²) in [5.41, 5.74) is 0. The molecule has 0 unspecified atom stereocenters. The number of alkyl halides is 1. The topological polar surface area (TPSA) is 49.4 Å². The Balaban J connectivity index is 2.15. The van der Waals surface area contributed by atoms with Crippen molar-refractivity contribution >= 4 is 21.6 Å². The molecule has 1 rings (SSSR count). The zero-order valence-corrected chi connectivity index (χ0v) is 12.1. The summed E-state index contributed by atoms with van der Waals surface area (Å²) < 4.78 is 25.8.